The maximum atomic E-state index is 7.92. The third kappa shape index (κ3) is 2.53. The zero-order chi connectivity index (χ0) is 17.6. The van der Waals surface area contributed by atoms with E-state index in [4.69, 9.17) is 1.37 Å². The SMILES string of the molecule is [2H]c1ccc2c(-c3cc(C4CCCC4)cc(C)c3C)[n+](C)ccc2c1. The quantitative estimate of drug-likeness (QED) is 0.541. The lowest BCUT2D eigenvalue weighted by Crippen LogP contribution is -2.30. The van der Waals surface area contributed by atoms with E-state index in [1.807, 2.05) is 12.1 Å². The summed E-state index contributed by atoms with van der Waals surface area (Å²) in [5, 5.41) is 2.37. The average Bonchev–Trinajstić information content (AvgIpc) is 3.12. The molecule has 0 aliphatic heterocycles. The largest absolute Gasteiger partial charge is 0.220 e. The molecule has 0 spiro atoms. The predicted octanol–water partition coefficient (Wildman–Crippen LogP) is 5.61. The number of nitrogens with zero attached hydrogens (tertiary/aromatic N) is 1. The third-order valence-electron chi connectivity index (χ3n) is 5.75. The second kappa shape index (κ2) is 6.05. The molecule has 4 rings (SSSR count). The molecule has 1 heterocycles. The van der Waals surface area contributed by atoms with E-state index in [9.17, 15) is 0 Å². The zero-order valence-corrected chi connectivity index (χ0v) is 14.9. The van der Waals surface area contributed by atoms with E-state index >= 15 is 0 Å². The van der Waals surface area contributed by atoms with Crippen molar-refractivity contribution in [2.24, 2.45) is 7.05 Å². The van der Waals surface area contributed by atoms with Crippen molar-refractivity contribution in [1.29, 1.82) is 0 Å². The Morgan fingerprint density at radius 2 is 1.88 bits per heavy atom. The average molecular weight is 317 g/mol. The molecule has 1 saturated carbocycles. The Labute approximate surface area is 146 Å². The van der Waals surface area contributed by atoms with Crippen molar-refractivity contribution in [1.82, 2.24) is 0 Å². The van der Waals surface area contributed by atoms with Gasteiger partial charge in [0.05, 0.1) is 12.3 Å². The van der Waals surface area contributed by atoms with Crippen LogP contribution in [0.1, 0.15) is 49.7 Å². The van der Waals surface area contributed by atoms with Gasteiger partial charge in [0.2, 0.25) is 5.69 Å². The number of aryl methyl sites for hydroxylation is 2. The molecule has 0 unspecified atom stereocenters. The summed E-state index contributed by atoms with van der Waals surface area (Å²) in [4.78, 5) is 0. The highest BCUT2D eigenvalue weighted by Gasteiger charge is 2.22. The van der Waals surface area contributed by atoms with Crippen molar-refractivity contribution in [3.05, 3.63) is 65.3 Å². The van der Waals surface area contributed by atoms with Crippen LogP contribution in [0.15, 0.2) is 48.6 Å². The number of fused-ring (bicyclic) bond motifs is 1. The van der Waals surface area contributed by atoms with Gasteiger partial charge >= 0.3 is 0 Å². The van der Waals surface area contributed by atoms with Gasteiger partial charge in [-0.15, -0.1) is 0 Å². The maximum Gasteiger partial charge on any atom is 0.220 e. The summed E-state index contributed by atoms with van der Waals surface area (Å²) < 4.78 is 10.2. The van der Waals surface area contributed by atoms with E-state index in [1.165, 1.54) is 59.0 Å². The Hall–Kier alpha value is -2.15. The summed E-state index contributed by atoms with van der Waals surface area (Å²) in [7, 11) is 2.13. The highest BCUT2D eigenvalue weighted by Crippen LogP contribution is 2.38. The minimum Gasteiger partial charge on any atom is -0.200 e. The number of hydrogen-bond acceptors (Lipinski definition) is 0. The van der Waals surface area contributed by atoms with Crippen LogP contribution in [0.25, 0.3) is 22.0 Å². The smallest absolute Gasteiger partial charge is 0.200 e. The van der Waals surface area contributed by atoms with Crippen molar-refractivity contribution in [2.75, 3.05) is 0 Å². The highest BCUT2D eigenvalue weighted by atomic mass is 14.9. The van der Waals surface area contributed by atoms with Gasteiger partial charge in [-0.2, -0.15) is 0 Å². The zero-order valence-electron chi connectivity index (χ0n) is 15.9. The number of aromatic nitrogens is 1. The number of rotatable bonds is 2. The Balaban J connectivity index is 1.98. The first-order valence-corrected chi connectivity index (χ1v) is 9.05. The monoisotopic (exact) mass is 317 g/mol. The van der Waals surface area contributed by atoms with Gasteiger partial charge in [-0.25, -0.2) is 4.57 Å². The summed E-state index contributed by atoms with van der Waals surface area (Å²) in [5.41, 5.74) is 6.85. The lowest BCUT2D eigenvalue weighted by atomic mass is 9.89. The molecule has 1 aliphatic carbocycles. The van der Waals surface area contributed by atoms with Crippen LogP contribution >= 0.6 is 0 Å². The van der Waals surface area contributed by atoms with Crippen LogP contribution in [-0.4, -0.2) is 0 Å². The van der Waals surface area contributed by atoms with E-state index < -0.39 is 0 Å². The molecule has 24 heavy (non-hydrogen) atoms. The van der Waals surface area contributed by atoms with Crippen LogP contribution in [0.4, 0.5) is 0 Å². The predicted molar refractivity (Wildman–Crippen MR) is 101 cm³/mol. The standard InChI is InChI=1S/C23H26N/c1-16-14-20(18-8-4-5-9-18)15-22(17(16)2)23-21-11-7-6-10-19(21)12-13-24(23)3/h6-7,10-15,18H,4-5,8-9H2,1-3H3/q+1/i6D. The molecular formula is C23H26N+. The lowest BCUT2D eigenvalue weighted by molar-refractivity contribution is -0.659. The second-order valence-electron chi connectivity index (χ2n) is 7.28. The molecule has 1 nitrogen and oxygen atoms in total. The van der Waals surface area contributed by atoms with Gasteiger partial charge in [0.25, 0.3) is 0 Å². The van der Waals surface area contributed by atoms with E-state index in [1.54, 1.807) is 0 Å². The topological polar surface area (TPSA) is 3.88 Å². The summed E-state index contributed by atoms with van der Waals surface area (Å²) >= 11 is 0. The van der Waals surface area contributed by atoms with Crippen molar-refractivity contribution in [2.45, 2.75) is 45.4 Å². The summed E-state index contributed by atoms with van der Waals surface area (Å²) in [5.74, 6) is 0.721. The van der Waals surface area contributed by atoms with Gasteiger partial charge in [0.1, 0.15) is 7.05 Å². The molecule has 2 aromatic carbocycles. The van der Waals surface area contributed by atoms with Crippen LogP contribution < -0.4 is 4.57 Å². The van der Waals surface area contributed by atoms with Gasteiger partial charge in [-0.3, -0.25) is 0 Å². The Kier molecular flexibility index (Phi) is 3.58. The summed E-state index contributed by atoms with van der Waals surface area (Å²) in [6, 6.07) is 13.5. The van der Waals surface area contributed by atoms with Gasteiger partial charge in [-0.1, -0.05) is 37.1 Å². The van der Waals surface area contributed by atoms with Crippen LogP contribution in [-0.2, 0) is 7.05 Å². The first-order valence-electron chi connectivity index (χ1n) is 9.55. The van der Waals surface area contributed by atoms with Crippen LogP contribution in [0.3, 0.4) is 0 Å². The fraction of sp³-hybridized carbons (Fsp3) is 0.348. The summed E-state index contributed by atoms with van der Waals surface area (Å²) in [6.07, 6.45) is 7.49. The van der Waals surface area contributed by atoms with Crippen molar-refractivity contribution in [3.8, 4) is 11.3 Å². The maximum absolute atomic E-state index is 7.92. The Bertz CT molecular complexity index is 952. The molecule has 3 aromatic rings. The number of benzene rings is 2. The Morgan fingerprint density at radius 3 is 2.67 bits per heavy atom. The third-order valence-corrected chi connectivity index (χ3v) is 5.75. The van der Waals surface area contributed by atoms with E-state index in [-0.39, 0.29) is 0 Å². The van der Waals surface area contributed by atoms with Gasteiger partial charge in [0, 0.05) is 6.07 Å². The van der Waals surface area contributed by atoms with Gasteiger partial charge in [0.15, 0.2) is 6.20 Å². The molecular weight excluding hydrogens is 290 g/mol. The first-order chi connectivity index (χ1) is 12.0. The van der Waals surface area contributed by atoms with Gasteiger partial charge in [-0.05, 0) is 66.8 Å². The molecule has 1 aromatic heterocycles. The molecule has 1 heteroatoms. The molecule has 0 saturated heterocycles. The molecule has 0 atom stereocenters. The van der Waals surface area contributed by atoms with Gasteiger partial charge < -0.3 is 0 Å². The van der Waals surface area contributed by atoms with E-state index in [2.05, 4.69) is 55.9 Å². The van der Waals surface area contributed by atoms with Crippen molar-refractivity contribution >= 4 is 10.8 Å². The lowest BCUT2D eigenvalue weighted by Gasteiger charge is -2.16. The molecule has 1 fully saturated rings. The highest BCUT2D eigenvalue weighted by molar-refractivity contribution is 5.93. The van der Waals surface area contributed by atoms with E-state index in [0.717, 1.165) is 11.3 Å². The molecule has 0 amide bonds. The van der Waals surface area contributed by atoms with E-state index in [0.29, 0.717) is 6.04 Å². The summed E-state index contributed by atoms with van der Waals surface area (Å²) in [6.45, 7) is 4.48. The molecule has 122 valence electrons. The van der Waals surface area contributed by atoms with Crippen molar-refractivity contribution < 1.29 is 5.94 Å². The normalized spacial score (nSPS) is 15.9. The Morgan fingerprint density at radius 1 is 1.08 bits per heavy atom. The fourth-order valence-electron chi connectivity index (χ4n) is 4.22. The first kappa shape index (κ1) is 14.2. The number of pyridine rings is 1. The van der Waals surface area contributed by atoms with Crippen LogP contribution in [0.2, 0.25) is 0 Å². The fourth-order valence-corrected chi connectivity index (χ4v) is 4.22. The van der Waals surface area contributed by atoms with Crippen molar-refractivity contribution in [3.63, 3.8) is 0 Å². The molecule has 1 aliphatic rings. The number of hydrogen-bond donors (Lipinski definition) is 0. The van der Waals surface area contributed by atoms with Crippen LogP contribution in [0, 0.1) is 13.8 Å². The molecule has 0 N–H and O–H groups in total. The molecule has 0 bridgehead atoms. The van der Waals surface area contributed by atoms with Crippen LogP contribution in [0.5, 0.6) is 0 Å². The second-order valence-corrected chi connectivity index (χ2v) is 7.28. The molecule has 0 radical (unpaired) electrons. The minimum atomic E-state index is 0.569. The minimum absolute atomic E-state index is 0.569.